The van der Waals surface area contributed by atoms with E-state index in [9.17, 15) is 19.8 Å². The number of rotatable bonds is 3. The van der Waals surface area contributed by atoms with E-state index < -0.39 is 24.4 Å². The molecule has 0 unspecified atom stereocenters. The molecular weight excluding hydrogens is 126 g/mol. The summed E-state index contributed by atoms with van der Waals surface area (Å²) in [6, 6.07) is -1.46. The number of carboxylic acids is 2. The Bertz CT molecular complexity index is 133. The summed E-state index contributed by atoms with van der Waals surface area (Å²) in [5.41, 5.74) is 4.73. The van der Waals surface area contributed by atoms with Crippen LogP contribution < -0.4 is 15.9 Å². The topological polar surface area (TPSA) is 106 Å². The minimum Gasteiger partial charge on any atom is -0.550 e. The van der Waals surface area contributed by atoms with Crippen molar-refractivity contribution in [2.75, 3.05) is 0 Å². The number of carbonyl (C=O) groups excluding carboxylic acids is 2. The monoisotopic (exact) mass is 131 g/mol. The van der Waals surface area contributed by atoms with Gasteiger partial charge in [0.1, 0.15) is 0 Å². The van der Waals surface area contributed by atoms with Gasteiger partial charge < -0.3 is 25.5 Å². The lowest BCUT2D eigenvalue weighted by Gasteiger charge is -2.11. The highest BCUT2D eigenvalue weighted by Crippen LogP contribution is 1.81. The maximum absolute atomic E-state index is 9.71. The van der Waals surface area contributed by atoms with Crippen molar-refractivity contribution in [3.8, 4) is 0 Å². The van der Waals surface area contributed by atoms with Gasteiger partial charge in [-0.1, -0.05) is 0 Å². The maximum atomic E-state index is 9.71. The smallest absolute Gasteiger partial charge is 0.0586 e. The molecule has 9 heavy (non-hydrogen) atoms. The quantitative estimate of drug-likeness (QED) is 0.422. The predicted octanol–water partition coefficient (Wildman–Crippen LogP) is -3.80. The lowest BCUT2D eigenvalue weighted by molar-refractivity contribution is -0.316. The molecule has 0 bridgehead atoms. The second kappa shape index (κ2) is 3.03. The Balaban J connectivity index is 3.63. The summed E-state index contributed by atoms with van der Waals surface area (Å²) in [5, 5.41) is 19.3. The fourth-order valence-corrected chi connectivity index (χ4v) is 0.263. The molecule has 0 aromatic carbocycles. The van der Waals surface area contributed by atoms with Gasteiger partial charge in [0.05, 0.1) is 5.97 Å². The molecule has 0 aromatic rings. The molecule has 0 aliphatic carbocycles. The van der Waals surface area contributed by atoms with Crippen LogP contribution in [-0.2, 0) is 9.59 Å². The molecule has 0 spiro atoms. The lowest BCUT2D eigenvalue weighted by atomic mass is 10.2. The second-order valence-corrected chi connectivity index (χ2v) is 1.50. The Morgan fingerprint density at radius 2 is 1.89 bits per heavy atom. The first-order chi connectivity index (χ1) is 4.04. The van der Waals surface area contributed by atoms with Crippen LogP contribution in [0.2, 0.25) is 0 Å². The Hall–Kier alpha value is -1.10. The van der Waals surface area contributed by atoms with Crippen molar-refractivity contribution >= 4 is 11.9 Å². The molecule has 0 aromatic heterocycles. The van der Waals surface area contributed by atoms with Gasteiger partial charge in [0, 0.05) is 18.4 Å². The molecule has 1 atom stereocenters. The van der Waals surface area contributed by atoms with E-state index in [4.69, 9.17) is 5.73 Å². The van der Waals surface area contributed by atoms with Crippen LogP contribution in [0.15, 0.2) is 0 Å². The zero-order valence-electron chi connectivity index (χ0n) is 4.49. The van der Waals surface area contributed by atoms with E-state index in [-0.39, 0.29) is 0 Å². The molecule has 0 saturated heterocycles. The highest BCUT2D eigenvalue weighted by molar-refractivity contribution is 5.77. The van der Waals surface area contributed by atoms with Gasteiger partial charge in [0.25, 0.3) is 0 Å². The third kappa shape index (κ3) is 3.48. The van der Waals surface area contributed by atoms with E-state index in [0.717, 1.165) is 0 Å². The Morgan fingerprint density at radius 3 is 2.00 bits per heavy atom. The maximum Gasteiger partial charge on any atom is 0.0586 e. The number of carbonyl (C=O) groups is 2. The highest BCUT2D eigenvalue weighted by Gasteiger charge is 2.01. The standard InChI is InChI=1S/C4H7NO4/c5-2(4(8)9)1-3(6)7/h2H,1,5H2,(H,6,7)(H,8,9)/p-2/t2-/m1/s1. The van der Waals surface area contributed by atoms with Crippen molar-refractivity contribution in [2.45, 2.75) is 12.5 Å². The van der Waals surface area contributed by atoms with Crippen LogP contribution in [0.5, 0.6) is 0 Å². The summed E-state index contributed by atoms with van der Waals surface area (Å²) in [5.74, 6) is -3.08. The van der Waals surface area contributed by atoms with Gasteiger partial charge >= 0.3 is 0 Å². The van der Waals surface area contributed by atoms with E-state index >= 15 is 0 Å². The SMILES string of the molecule is N[C@H](CC(=O)[O-])C(=O)[O-]. The zero-order chi connectivity index (χ0) is 7.44. The fourth-order valence-electron chi connectivity index (χ4n) is 0.263. The van der Waals surface area contributed by atoms with Crippen molar-refractivity contribution in [3.05, 3.63) is 0 Å². The van der Waals surface area contributed by atoms with Gasteiger partial charge in [-0.2, -0.15) is 0 Å². The molecule has 0 aliphatic heterocycles. The Kier molecular flexibility index (Phi) is 2.66. The van der Waals surface area contributed by atoms with Crippen LogP contribution in [-0.4, -0.2) is 18.0 Å². The first-order valence-corrected chi connectivity index (χ1v) is 2.20. The largest absolute Gasteiger partial charge is 0.550 e. The van der Waals surface area contributed by atoms with E-state index in [1.54, 1.807) is 0 Å². The Labute approximate surface area is 51.1 Å². The molecule has 2 N–H and O–H groups in total. The van der Waals surface area contributed by atoms with Gasteiger partial charge in [-0.15, -0.1) is 0 Å². The third-order valence-corrected chi connectivity index (χ3v) is 0.689. The lowest BCUT2D eigenvalue weighted by Crippen LogP contribution is -2.45. The average molecular weight is 131 g/mol. The number of hydrogen-bond donors (Lipinski definition) is 1. The van der Waals surface area contributed by atoms with E-state index in [1.807, 2.05) is 0 Å². The molecule has 0 radical (unpaired) electrons. The summed E-state index contributed by atoms with van der Waals surface area (Å²) in [7, 11) is 0. The molecule has 0 saturated carbocycles. The van der Waals surface area contributed by atoms with Crippen LogP contribution in [0.1, 0.15) is 6.42 Å². The first kappa shape index (κ1) is 7.90. The minimum absolute atomic E-state index is 0.706. The number of carboxylic acid groups (broad SMARTS) is 2. The number of nitrogens with two attached hydrogens (primary N) is 1. The third-order valence-electron chi connectivity index (χ3n) is 0.689. The first-order valence-electron chi connectivity index (χ1n) is 2.20. The van der Waals surface area contributed by atoms with Gasteiger partial charge in [-0.25, -0.2) is 0 Å². The molecule has 5 nitrogen and oxygen atoms in total. The van der Waals surface area contributed by atoms with Crippen molar-refractivity contribution in [1.82, 2.24) is 0 Å². The summed E-state index contributed by atoms with van der Waals surface area (Å²) in [6.45, 7) is 0. The number of aliphatic carboxylic acids is 2. The van der Waals surface area contributed by atoms with E-state index in [1.165, 1.54) is 0 Å². The molecule has 0 heterocycles. The zero-order valence-corrected chi connectivity index (χ0v) is 4.49. The predicted molar refractivity (Wildman–Crippen MR) is 22.6 cm³/mol. The minimum atomic E-state index is -1.58. The fraction of sp³-hybridized carbons (Fsp3) is 0.500. The molecular formula is C4H5NO4-2. The van der Waals surface area contributed by atoms with E-state index in [2.05, 4.69) is 0 Å². The summed E-state index contributed by atoms with van der Waals surface area (Å²) in [4.78, 5) is 19.3. The summed E-state index contributed by atoms with van der Waals surface area (Å²) >= 11 is 0. The van der Waals surface area contributed by atoms with Crippen LogP contribution in [0, 0.1) is 0 Å². The molecule has 0 aliphatic rings. The average Bonchev–Trinajstić information content (AvgIpc) is 1.63. The summed E-state index contributed by atoms with van der Waals surface area (Å²) < 4.78 is 0. The van der Waals surface area contributed by atoms with Gasteiger partial charge in [-0.05, 0) is 0 Å². The van der Waals surface area contributed by atoms with Crippen molar-refractivity contribution in [2.24, 2.45) is 5.73 Å². The normalized spacial score (nSPS) is 12.6. The van der Waals surface area contributed by atoms with Gasteiger partial charge in [0.2, 0.25) is 0 Å². The molecule has 0 rings (SSSR count). The molecule has 0 amide bonds. The van der Waals surface area contributed by atoms with Crippen molar-refractivity contribution in [1.29, 1.82) is 0 Å². The molecule has 52 valence electrons. The second-order valence-electron chi connectivity index (χ2n) is 1.50. The summed E-state index contributed by atoms with van der Waals surface area (Å²) in [6.07, 6.45) is -0.706. The van der Waals surface area contributed by atoms with Crippen LogP contribution in [0.25, 0.3) is 0 Å². The van der Waals surface area contributed by atoms with Crippen LogP contribution in [0.4, 0.5) is 0 Å². The molecule has 0 fully saturated rings. The van der Waals surface area contributed by atoms with Gasteiger partial charge in [0.15, 0.2) is 0 Å². The van der Waals surface area contributed by atoms with Crippen molar-refractivity contribution in [3.63, 3.8) is 0 Å². The highest BCUT2D eigenvalue weighted by atomic mass is 16.4. The Morgan fingerprint density at radius 1 is 1.44 bits per heavy atom. The van der Waals surface area contributed by atoms with Crippen molar-refractivity contribution < 1.29 is 19.8 Å². The van der Waals surface area contributed by atoms with E-state index in [0.29, 0.717) is 0 Å². The van der Waals surface area contributed by atoms with Gasteiger partial charge in [-0.3, -0.25) is 0 Å². The number of hydrogen-bond acceptors (Lipinski definition) is 5. The van der Waals surface area contributed by atoms with Crippen LogP contribution in [0.3, 0.4) is 0 Å². The molecule has 5 heteroatoms. The van der Waals surface area contributed by atoms with Crippen LogP contribution >= 0.6 is 0 Å².